The Kier molecular flexibility index (Phi) is 3.22. The molecule has 96 valence electrons. The maximum absolute atomic E-state index is 12.2. The molecule has 0 radical (unpaired) electrons. The minimum atomic E-state index is -4.18. The lowest BCUT2D eigenvalue weighted by atomic mass is 10.2. The summed E-state index contributed by atoms with van der Waals surface area (Å²) < 4.78 is 38.0. The van der Waals surface area contributed by atoms with E-state index >= 15 is 0 Å². The molecular weight excluding hydrogens is 245 g/mol. The first kappa shape index (κ1) is 12.4. The molecule has 0 aromatic carbocycles. The van der Waals surface area contributed by atoms with Crippen molar-refractivity contribution in [2.24, 2.45) is 0 Å². The van der Waals surface area contributed by atoms with Gasteiger partial charge in [0.05, 0.1) is 24.6 Å². The van der Waals surface area contributed by atoms with Crippen LogP contribution in [-0.2, 0) is 6.54 Å². The average molecular weight is 256 g/mol. The number of nitrogen functional groups attached to an aromatic ring is 1. The van der Waals surface area contributed by atoms with E-state index in [0.717, 1.165) is 0 Å². The summed E-state index contributed by atoms with van der Waals surface area (Å²) in [7, 11) is 0. The number of aromatic nitrogens is 3. The molecule has 2 aromatic heterocycles. The van der Waals surface area contributed by atoms with E-state index in [1.165, 1.54) is 23.3 Å². The maximum atomic E-state index is 12.2. The van der Waals surface area contributed by atoms with E-state index in [1.54, 1.807) is 12.1 Å². The van der Waals surface area contributed by atoms with Gasteiger partial charge < -0.3 is 10.3 Å². The molecule has 0 spiro atoms. The van der Waals surface area contributed by atoms with E-state index in [9.17, 15) is 13.2 Å². The number of pyridine rings is 1. The Labute approximate surface area is 101 Å². The van der Waals surface area contributed by atoms with E-state index < -0.39 is 12.6 Å². The van der Waals surface area contributed by atoms with Gasteiger partial charge in [0.1, 0.15) is 5.82 Å². The maximum Gasteiger partial charge on any atom is 0.390 e. The van der Waals surface area contributed by atoms with Crippen LogP contribution in [0.5, 0.6) is 0 Å². The third kappa shape index (κ3) is 2.99. The van der Waals surface area contributed by atoms with Crippen LogP contribution in [0.1, 0.15) is 6.42 Å². The molecule has 2 aromatic rings. The first-order valence-corrected chi connectivity index (χ1v) is 5.24. The molecular formula is C11H11F3N4. The van der Waals surface area contributed by atoms with Gasteiger partial charge in [0, 0.05) is 18.3 Å². The monoisotopic (exact) mass is 256 g/mol. The zero-order valence-corrected chi connectivity index (χ0v) is 9.35. The van der Waals surface area contributed by atoms with E-state index in [0.29, 0.717) is 17.1 Å². The molecule has 0 aliphatic rings. The van der Waals surface area contributed by atoms with Gasteiger partial charge in [-0.2, -0.15) is 13.2 Å². The molecule has 0 aliphatic carbocycles. The predicted molar refractivity (Wildman–Crippen MR) is 60.5 cm³/mol. The Morgan fingerprint density at radius 3 is 2.61 bits per heavy atom. The second-order valence-electron chi connectivity index (χ2n) is 3.81. The zero-order chi connectivity index (χ0) is 13.2. The second-order valence-corrected chi connectivity index (χ2v) is 3.81. The summed E-state index contributed by atoms with van der Waals surface area (Å²) >= 11 is 0. The quantitative estimate of drug-likeness (QED) is 0.917. The number of nitrogens with two attached hydrogens (primary N) is 1. The number of hydrogen-bond donors (Lipinski definition) is 1. The number of anilines is 1. The summed E-state index contributed by atoms with van der Waals surface area (Å²) in [4.78, 5) is 7.76. The molecule has 2 rings (SSSR count). The van der Waals surface area contributed by atoms with Gasteiger partial charge in [-0.15, -0.1) is 0 Å². The third-order valence-electron chi connectivity index (χ3n) is 2.43. The van der Waals surface area contributed by atoms with Crippen LogP contribution >= 0.6 is 0 Å². The highest BCUT2D eigenvalue weighted by Gasteiger charge is 2.27. The molecule has 2 N–H and O–H groups in total. The minimum Gasteiger partial charge on any atom is -0.384 e. The van der Waals surface area contributed by atoms with Crippen LogP contribution < -0.4 is 5.73 Å². The number of halogens is 3. The van der Waals surface area contributed by atoms with E-state index in [-0.39, 0.29) is 6.54 Å². The average Bonchev–Trinajstić information content (AvgIpc) is 2.75. The van der Waals surface area contributed by atoms with E-state index in [1.807, 2.05) is 0 Å². The fraction of sp³-hybridized carbons (Fsp3) is 0.273. The van der Waals surface area contributed by atoms with Crippen molar-refractivity contribution >= 4 is 5.82 Å². The molecule has 7 heteroatoms. The summed E-state index contributed by atoms with van der Waals surface area (Å²) in [5, 5.41) is 0. The van der Waals surface area contributed by atoms with Crippen LogP contribution in [0.15, 0.2) is 30.9 Å². The fourth-order valence-electron chi connectivity index (χ4n) is 1.54. The first-order valence-electron chi connectivity index (χ1n) is 5.24. The molecule has 18 heavy (non-hydrogen) atoms. The smallest absolute Gasteiger partial charge is 0.384 e. The summed E-state index contributed by atoms with van der Waals surface area (Å²) in [5.74, 6) is 0.361. The van der Waals surface area contributed by atoms with Gasteiger partial charge >= 0.3 is 6.18 Å². The highest BCUT2D eigenvalue weighted by Crippen LogP contribution is 2.23. The summed E-state index contributed by atoms with van der Waals surface area (Å²) in [6.45, 7) is -0.163. The molecule has 4 nitrogen and oxygen atoms in total. The molecule has 0 saturated heterocycles. The van der Waals surface area contributed by atoms with Crippen LogP contribution in [0.4, 0.5) is 19.0 Å². The Morgan fingerprint density at radius 2 is 2.00 bits per heavy atom. The Morgan fingerprint density at radius 1 is 1.22 bits per heavy atom. The van der Waals surface area contributed by atoms with Gasteiger partial charge in [-0.25, -0.2) is 9.97 Å². The molecule has 0 amide bonds. The van der Waals surface area contributed by atoms with Crippen molar-refractivity contribution in [3.63, 3.8) is 0 Å². The number of rotatable bonds is 3. The minimum absolute atomic E-state index is 0.163. The second kappa shape index (κ2) is 4.67. The van der Waals surface area contributed by atoms with Crippen molar-refractivity contribution in [1.82, 2.24) is 14.5 Å². The molecule has 2 heterocycles. The summed E-state index contributed by atoms with van der Waals surface area (Å²) in [6, 6.07) is 3.29. The van der Waals surface area contributed by atoms with Crippen LogP contribution in [0.2, 0.25) is 0 Å². The molecule has 0 bridgehead atoms. The van der Waals surface area contributed by atoms with Crippen molar-refractivity contribution in [1.29, 1.82) is 0 Å². The van der Waals surface area contributed by atoms with Gasteiger partial charge in [0.2, 0.25) is 0 Å². The van der Waals surface area contributed by atoms with Gasteiger partial charge in [0.25, 0.3) is 0 Å². The van der Waals surface area contributed by atoms with Gasteiger partial charge in [-0.3, -0.25) is 0 Å². The number of imidazole rings is 1. The number of hydrogen-bond acceptors (Lipinski definition) is 3. The highest BCUT2D eigenvalue weighted by molar-refractivity contribution is 5.59. The lowest BCUT2D eigenvalue weighted by molar-refractivity contribution is -0.136. The van der Waals surface area contributed by atoms with E-state index in [2.05, 4.69) is 9.97 Å². The topological polar surface area (TPSA) is 56.7 Å². The largest absolute Gasteiger partial charge is 0.390 e. The third-order valence-corrected chi connectivity index (χ3v) is 2.43. The number of alkyl halides is 3. The van der Waals surface area contributed by atoms with Crippen molar-refractivity contribution in [3.05, 3.63) is 30.9 Å². The van der Waals surface area contributed by atoms with Crippen LogP contribution in [-0.4, -0.2) is 20.7 Å². The Hall–Kier alpha value is -2.05. The van der Waals surface area contributed by atoms with Gasteiger partial charge in [-0.1, -0.05) is 0 Å². The SMILES string of the molecule is Nc1ccc(-c2cncn2CCC(F)(F)F)cn1. The standard InChI is InChI=1S/C11H11F3N4/c12-11(13,14)3-4-18-7-16-6-9(18)8-1-2-10(15)17-5-8/h1-2,5-7H,3-4H2,(H2,15,17). The summed E-state index contributed by atoms with van der Waals surface area (Å²) in [6.07, 6.45) is -0.683. The fourth-order valence-corrected chi connectivity index (χ4v) is 1.54. The molecule has 0 fully saturated rings. The van der Waals surface area contributed by atoms with Crippen molar-refractivity contribution in [3.8, 4) is 11.3 Å². The predicted octanol–water partition coefficient (Wildman–Crippen LogP) is 2.48. The zero-order valence-electron chi connectivity index (χ0n) is 9.35. The summed E-state index contributed by atoms with van der Waals surface area (Å²) in [5.41, 5.74) is 6.73. The lowest BCUT2D eigenvalue weighted by Gasteiger charge is -2.10. The normalized spacial score (nSPS) is 11.7. The van der Waals surface area contributed by atoms with Gasteiger partial charge in [-0.05, 0) is 12.1 Å². The Balaban J connectivity index is 2.20. The van der Waals surface area contributed by atoms with Crippen LogP contribution in [0.25, 0.3) is 11.3 Å². The van der Waals surface area contributed by atoms with Crippen molar-refractivity contribution in [2.45, 2.75) is 19.1 Å². The van der Waals surface area contributed by atoms with Crippen molar-refractivity contribution in [2.75, 3.05) is 5.73 Å². The molecule has 0 atom stereocenters. The number of aryl methyl sites for hydroxylation is 1. The van der Waals surface area contributed by atoms with Gasteiger partial charge in [0.15, 0.2) is 0 Å². The molecule has 0 unspecified atom stereocenters. The molecule has 0 saturated carbocycles. The van der Waals surface area contributed by atoms with Crippen molar-refractivity contribution < 1.29 is 13.2 Å². The lowest BCUT2D eigenvalue weighted by Crippen LogP contribution is -2.12. The van der Waals surface area contributed by atoms with E-state index in [4.69, 9.17) is 5.73 Å². The van der Waals surface area contributed by atoms with Crippen LogP contribution in [0, 0.1) is 0 Å². The first-order chi connectivity index (χ1) is 8.46. The number of nitrogens with zero attached hydrogens (tertiary/aromatic N) is 3. The van der Waals surface area contributed by atoms with Crippen LogP contribution in [0.3, 0.4) is 0 Å². The molecule has 0 aliphatic heterocycles. The highest BCUT2D eigenvalue weighted by atomic mass is 19.4. The Bertz CT molecular complexity index is 516.